The summed E-state index contributed by atoms with van der Waals surface area (Å²) in [6, 6.07) is 15.8. The molecule has 27 heavy (non-hydrogen) atoms. The lowest BCUT2D eigenvalue weighted by molar-refractivity contribution is 0.0687. The number of amides is 1. The van der Waals surface area contributed by atoms with E-state index in [0.717, 1.165) is 23.2 Å². The van der Waals surface area contributed by atoms with Crippen LogP contribution in [0.2, 0.25) is 5.02 Å². The summed E-state index contributed by atoms with van der Waals surface area (Å²) in [6.07, 6.45) is 0.802. The molecule has 0 radical (unpaired) electrons. The number of halogens is 1. The number of carbonyl (C=O) groups is 1. The van der Waals surface area contributed by atoms with Gasteiger partial charge < -0.3 is 9.88 Å². The van der Waals surface area contributed by atoms with Crippen molar-refractivity contribution in [2.75, 3.05) is 6.54 Å². The number of thiazole rings is 1. The Morgan fingerprint density at radius 2 is 2.00 bits per heavy atom. The molecule has 1 aliphatic rings. The van der Waals surface area contributed by atoms with Gasteiger partial charge in [0.2, 0.25) is 0 Å². The number of carbonyl (C=O) groups excluding carboxylic acids is 1. The molecule has 134 valence electrons. The maximum Gasteiger partial charge on any atom is 0.274 e. The standard InChI is InChI=1S/C21H16ClN3OS/c22-16-7-3-1-6-15(16)20-19-14(13-5-2-4-8-17(13)24-19)9-10-25(20)21(26)18-11-27-12-23-18/h1-8,11-12,20,24H,9-10H2. The Morgan fingerprint density at radius 1 is 1.19 bits per heavy atom. The van der Waals surface area contributed by atoms with E-state index in [1.807, 2.05) is 41.3 Å². The Morgan fingerprint density at radius 3 is 2.81 bits per heavy atom. The van der Waals surface area contributed by atoms with Crippen LogP contribution in [0.4, 0.5) is 0 Å². The molecule has 1 atom stereocenters. The molecule has 0 saturated carbocycles. The molecule has 1 aliphatic heterocycles. The molecule has 2 aromatic carbocycles. The molecule has 6 heteroatoms. The zero-order chi connectivity index (χ0) is 18.4. The number of fused-ring (bicyclic) bond motifs is 3. The van der Waals surface area contributed by atoms with Crippen molar-refractivity contribution in [3.63, 3.8) is 0 Å². The Hall–Kier alpha value is -2.63. The molecule has 0 saturated heterocycles. The van der Waals surface area contributed by atoms with Crippen LogP contribution in [0.5, 0.6) is 0 Å². The third-order valence-corrected chi connectivity index (χ3v) is 6.08. The molecule has 0 fully saturated rings. The monoisotopic (exact) mass is 393 g/mol. The summed E-state index contributed by atoms with van der Waals surface area (Å²) in [5, 5.41) is 3.67. The van der Waals surface area contributed by atoms with E-state index in [1.54, 1.807) is 10.9 Å². The molecule has 4 aromatic rings. The Bertz CT molecular complexity index is 1140. The van der Waals surface area contributed by atoms with E-state index in [0.29, 0.717) is 17.3 Å². The smallest absolute Gasteiger partial charge is 0.274 e. The van der Waals surface area contributed by atoms with Crippen molar-refractivity contribution in [3.8, 4) is 0 Å². The molecule has 1 unspecified atom stereocenters. The van der Waals surface area contributed by atoms with Gasteiger partial charge in [-0.3, -0.25) is 4.79 Å². The zero-order valence-electron chi connectivity index (χ0n) is 14.4. The highest BCUT2D eigenvalue weighted by Crippen LogP contribution is 2.41. The number of rotatable bonds is 2. The number of aromatic amines is 1. The quantitative estimate of drug-likeness (QED) is 0.517. The van der Waals surface area contributed by atoms with Crippen molar-refractivity contribution in [3.05, 3.63) is 87.0 Å². The van der Waals surface area contributed by atoms with Crippen LogP contribution in [0, 0.1) is 0 Å². The largest absolute Gasteiger partial charge is 0.356 e. The first kappa shape index (κ1) is 16.5. The molecule has 2 aromatic heterocycles. The average molecular weight is 394 g/mol. The van der Waals surface area contributed by atoms with Crippen molar-refractivity contribution in [1.82, 2.24) is 14.9 Å². The fourth-order valence-electron chi connectivity index (χ4n) is 3.95. The van der Waals surface area contributed by atoms with Crippen LogP contribution in [0.25, 0.3) is 10.9 Å². The van der Waals surface area contributed by atoms with Gasteiger partial charge in [0.25, 0.3) is 5.91 Å². The lowest BCUT2D eigenvalue weighted by Crippen LogP contribution is -2.40. The van der Waals surface area contributed by atoms with Crippen molar-refractivity contribution in [2.45, 2.75) is 12.5 Å². The van der Waals surface area contributed by atoms with Crippen molar-refractivity contribution >= 4 is 39.7 Å². The molecule has 3 heterocycles. The highest BCUT2D eigenvalue weighted by molar-refractivity contribution is 7.07. The van der Waals surface area contributed by atoms with Gasteiger partial charge in [-0.15, -0.1) is 11.3 Å². The first-order valence-electron chi connectivity index (χ1n) is 8.77. The van der Waals surface area contributed by atoms with Gasteiger partial charge in [0.1, 0.15) is 5.69 Å². The summed E-state index contributed by atoms with van der Waals surface area (Å²) >= 11 is 7.98. The Kier molecular flexibility index (Phi) is 3.99. The third kappa shape index (κ3) is 2.66. The molecule has 0 aliphatic carbocycles. The highest BCUT2D eigenvalue weighted by atomic mass is 35.5. The van der Waals surface area contributed by atoms with E-state index in [-0.39, 0.29) is 11.9 Å². The maximum atomic E-state index is 13.2. The number of aromatic nitrogens is 2. The van der Waals surface area contributed by atoms with Crippen LogP contribution < -0.4 is 0 Å². The van der Waals surface area contributed by atoms with Gasteiger partial charge in [-0.2, -0.15) is 0 Å². The first-order chi connectivity index (χ1) is 13.2. The number of nitrogens with zero attached hydrogens (tertiary/aromatic N) is 2. The van der Waals surface area contributed by atoms with Crippen molar-refractivity contribution in [1.29, 1.82) is 0 Å². The fourth-order valence-corrected chi connectivity index (χ4v) is 4.71. The summed E-state index contributed by atoms with van der Waals surface area (Å²) in [4.78, 5) is 22.9. The van der Waals surface area contributed by atoms with Crippen molar-refractivity contribution < 1.29 is 4.79 Å². The second kappa shape index (κ2) is 6.51. The van der Waals surface area contributed by atoms with Gasteiger partial charge in [-0.05, 0) is 29.7 Å². The van der Waals surface area contributed by atoms with Gasteiger partial charge in [0.15, 0.2) is 0 Å². The van der Waals surface area contributed by atoms with Gasteiger partial charge in [-0.25, -0.2) is 4.98 Å². The second-order valence-electron chi connectivity index (χ2n) is 6.61. The van der Waals surface area contributed by atoms with Crippen LogP contribution in [-0.2, 0) is 6.42 Å². The van der Waals surface area contributed by atoms with E-state index in [2.05, 4.69) is 22.1 Å². The molecular formula is C21H16ClN3OS. The van der Waals surface area contributed by atoms with E-state index in [9.17, 15) is 4.79 Å². The van der Waals surface area contributed by atoms with Crippen LogP contribution >= 0.6 is 22.9 Å². The minimum absolute atomic E-state index is 0.0644. The minimum atomic E-state index is -0.260. The van der Waals surface area contributed by atoms with Crippen LogP contribution in [0.15, 0.2) is 59.4 Å². The summed E-state index contributed by atoms with van der Waals surface area (Å²) in [5.74, 6) is -0.0644. The molecule has 0 bridgehead atoms. The summed E-state index contributed by atoms with van der Waals surface area (Å²) in [5.41, 5.74) is 6.49. The predicted molar refractivity (Wildman–Crippen MR) is 108 cm³/mol. The van der Waals surface area contributed by atoms with E-state index in [4.69, 9.17) is 11.6 Å². The summed E-state index contributed by atoms with van der Waals surface area (Å²) < 4.78 is 0. The topological polar surface area (TPSA) is 49.0 Å². The number of hydrogen-bond acceptors (Lipinski definition) is 3. The lowest BCUT2D eigenvalue weighted by atomic mass is 9.92. The SMILES string of the molecule is O=C(c1cscn1)N1CCc2c([nH]c3ccccc23)C1c1ccccc1Cl. The second-order valence-corrected chi connectivity index (χ2v) is 7.73. The molecule has 5 rings (SSSR count). The van der Waals surface area contributed by atoms with E-state index in [1.165, 1.54) is 22.3 Å². The number of para-hydroxylation sites is 1. The van der Waals surface area contributed by atoms with Gasteiger partial charge in [0.05, 0.1) is 11.6 Å². The van der Waals surface area contributed by atoms with Gasteiger partial charge in [-0.1, -0.05) is 48.0 Å². The molecule has 1 N–H and O–H groups in total. The zero-order valence-corrected chi connectivity index (χ0v) is 15.9. The number of nitrogens with one attached hydrogen (secondary N) is 1. The van der Waals surface area contributed by atoms with Crippen LogP contribution in [0.1, 0.15) is 33.4 Å². The fraction of sp³-hybridized carbons (Fsp3) is 0.143. The Balaban J connectivity index is 1.71. The van der Waals surface area contributed by atoms with E-state index >= 15 is 0 Å². The number of benzene rings is 2. The molecule has 0 spiro atoms. The average Bonchev–Trinajstić information content (AvgIpc) is 3.35. The van der Waals surface area contributed by atoms with Gasteiger partial charge in [0, 0.05) is 33.5 Å². The lowest BCUT2D eigenvalue weighted by Gasteiger charge is -2.36. The van der Waals surface area contributed by atoms with Crippen LogP contribution in [-0.4, -0.2) is 27.3 Å². The van der Waals surface area contributed by atoms with Crippen LogP contribution in [0.3, 0.4) is 0 Å². The first-order valence-corrected chi connectivity index (χ1v) is 10.1. The van der Waals surface area contributed by atoms with Crippen molar-refractivity contribution in [2.24, 2.45) is 0 Å². The number of H-pyrrole nitrogens is 1. The minimum Gasteiger partial charge on any atom is -0.356 e. The van der Waals surface area contributed by atoms with E-state index < -0.39 is 0 Å². The molecular weight excluding hydrogens is 378 g/mol. The molecule has 1 amide bonds. The number of hydrogen-bond donors (Lipinski definition) is 1. The van der Waals surface area contributed by atoms with Gasteiger partial charge >= 0.3 is 0 Å². The predicted octanol–water partition coefficient (Wildman–Crippen LogP) is 5.07. The Labute approximate surface area is 165 Å². The third-order valence-electron chi connectivity index (χ3n) is 5.15. The summed E-state index contributed by atoms with van der Waals surface area (Å²) in [7, 11) is 0. The highest BCUT2D eigenvalue weighted by Gasteiger charge is 2.36. The normalized spacial score (nSPS) is 16.5. The molecule has 4 nitrogen and oxygen atoms in total. The summed E-state index contributed by atoms with van der Waals surface area (Å²) in [6.45, 7) is 0.626. The maximum absolute atomic E-state index is 13.2.